The number of nitrogens with two attached hydrogens (primary N) is 1. The summed E-state index contributed by atoms with van der Waals surface area (Å²) in [7, 11) is 0. The van der Waals surface area contributed by atoms with Gasteiger partial charge in [-0.15, -0.1) is 0 Å². The number of halogens is 3. The minimum Gasteiger partial charge on any atom is -0.455 e. The van der Waals surface area contributed by atoms with Crippen molar-refractivity contribution >= 4 is 34.0 Å². The smallest absolute Gasteiger partial charge is 0.386 e. The van der Waals surface area contributed by atoms with Gasteiger partial charge in [-0.3, -0.25) is 0 Å². The molecule has 0 amide bonds. The zero-order valence-corrected chi connectivity index (χ0v) is 11.0. The Labute approximate surface area is 106 Å². The molecule has 0 radical (unpaired) electrons. The second-order valence-corrected chi connectivity index (χ2v) is 5.88. The van der Waals surface area contributed by atoms with Crippen LogP contribution in [-0.2, 0) is 15.5 Å². The summed E-state index contributed by atoms with van der Waals surface area (Å²) < 4.78 is 31.6. The van der Waals surface area contributed by atoms with E-state index in [4.69, 9.17) is 17.3 Å². The van der Waals surface area contributed by atoms with E-state index >= 15 is 0 Å². The molecule has 0 aliphatic rings. The molecule has 0 atom stereocenters. The summed E-state index contributed by atoms with van der Waals surface area (Å²) in [6, 6.07) is 0. The predicted molar refractivity (Wildman–Crippen MR) is 61.3 cm³/mol. The van der Waals surface area contributed by atoms with Gasteiger partial charge in [-0.2, -0.15) is 8.78 Å². The van der Waals surface area contributed by atoms with Gasteiger partial charge in [-0.25, -0.2) is 9.78 Å². The normalized spacial score (nSPS) is 12.6. The molecule has 0 spiro atoms. The fourth-order valence-corrected chi connectivity index (χ4v) is 1.94. The Hall–Kier alpha value is -0.950. The fourth-order valence-electron chi connectivity index (χ4n) is 0.950. The van der Waals surface area contributed by atoms with E-state index in [1.807, 2.05) is 0 Å². The molecule has 8 heteroatoms. The van der Waals surface area contributed by atoms with E-state index in [1.54, 1.807) is 0 Å². The van der Waals surface area contributed by atoms with Gasteiger partial charge in [0.1, 0.15) is 9.94 Å². The first-order valence-electron chi connectivity index (χ1n) is 4.57. The van der Waals surface area contributed by atoms with Gasteiger partial charge in [0.2, 0.25) is 0 Å². The summed E-state index contributed by atoms with van der Waals surface area (Å²) in [5.41, 5.74) is 3.36. The van der Waals surface area contributed by atoms with Crippen LogP contribution in [-0.4, -0.2) is 16.6 Å². The third-order valence-corrected chi connectivity index (χ3v) is 2.64. The predicted octanol–water partition coefficient (Wildman–Crippen LogP) is 2.81. The van der Waals surface area contributed by atoms with Crippen molar-refractivity contribution in [2.75, 3.05) is 5.73 Å². The van der Waals surface area contributed by atoms with E-state index in [0.29, 0.717) is 11.3 Å². The van der Waals surface area contributed by atoms with Crippen molar-refractivity contribution in [2.45, 2.75) is 32.3 Å². The Kier molecular flexibility index (Phi) is 3.63. The summed E-state index contributed by atoms with van der Waals surface area (Å²) in [6.07, 6.45) is 0. The van der Waals surface area contributed by atoms with Gasteiger partial charge in [-0.1, -0.05) is 22.9 Å². The van der Waals surface area contributed by atoms with Crippen LogP contribution in [0.3, 0.4) is 0 Å². The van der Waals surface area contributed by atoms with Crippen LogP contribution >= 0.6 is 22.9 Å². The fraction of sp³-hybridized carbons (Fsp3) is 0.556. The molecule has 17 heavy (non-hydrogen) atoms. The molecular weight excluding hydrogens is 274 g/mol. The maximum Gasteiger partial charge on any atom is 0.386 e. The van der Waals surface area contributed by atoms with Crippen molar-refractivity contribution in [3.05, 3.63) is 10.0 Å². The van der Waals surface area contributed by atoms with Crippen molar-refractivity contribution in [2.24, 2.45) is 0 Å². The highest BCUT2D eigenvalue weighted by molar-refractivity contribution is 7.19. The molecule has 1 aromatic heterocycles. The van der Waals surface area contributed by atoms with Crippen LogP contribution in [0.4, 0.5) is 13.9 Å². The lowest BCUT2D eigenvalue weighted by atomic mass is 10.2. The minimum absolute atomic E-state index is 0.131. The molecule has 2 N–H and O–H groups in total. The van der Waals surface area contributed by atoms with Crippen molar-refractivity contribution in [3.8, 4) is 0 Å². The molecule has 0 aliphatic heterocycles. The molecule has 0 aromatic carbocycles. The van der Waals surface area contributed by atoms with Crippen molar-refractivity contribution in [1.29, 1.82) is 0 Å². The van der Waals surface area contributed by atoms with E-state index in [1.165, 1.54) is 20.8 Å². The third kappa shape index (κ3) is 3.26. The van der Waals surface area contributed by atoms with Crippen LogP contribution < -0.4 is 5.73 Å². The molecule has 0 aliphatic carbocycles. The average molecular weight is 285 g/mol. The number of aromatic nitrogens is 1. The number of esters is 1. The highest BCUT2D eigenvalue weighted by Crippen LogP contribution is 2.38. The number of nitrogens with zero attached hydrogens (tertiary/aromatic N) is 1. The minimum atomic E-state index is -3.90. The number of ether oxygens (including phenoxy) is 1. The summed E-state index contributed by atoms with van der Waals surface area (Å²) in [5, 5.41) is -0.131. The molecule has 0 bridgehead atoms. The van der Waals surface area contributed by atoms with Crippen molar-refractivity contribution < 1.29 is 18.3 Å². The van der Waals surface area contributed by atoms with E-state index in [9.17, 15) is 13.6 Å². The third-order valence-electron chi connectivity index (χ3n) is 1.56. The number of hydrogen-bond donors (Lipinski definition) is 1. The van der Waals surface area contributed by atoms with E-state index in [2.05, 4.69) is 9.72 Å². The Bertz CT molecular complexity index is 443. The van der Waals surface area contributed by atoms with Crippen LogP contribution in [0.2, 0.25) is 4.34 Å². The highest BCUT2D eigenvalue weighted by atomic mass is 35.5. The van der Waals surface area contributed by atoms with Gasteiger partial charge in [-0.05, 0) is 20.8 Å². The molecule has 96 valence electrons. The lowest BCUT2D eigenvalue weighted by Gasteiger charge is -2.22. The number of carbonyl (C=O) groups is 1. The molecule has 4 nitrogen and oxygen atoms in total. The van der Waals surface area contributed by atoms with Gasteiger partial charge < -0.3 is 10.5 Å². The second kappa shape index (κ2) is 4.38. The SMILES string of the molecule is CC(C)(C)OC(=O)C(F)(F)c1nc(N)sc1Cl. The van der Waals surface area contributed by atoms with Crippen LogP contribution in [0.15, 0.2) is 0 Å². The molecule has 0 saturated heterocycles. The zero-order valence-electron chi connectivity index (χ0n) is 9.38. The second-order valence-electron chi connectivity index (χ2n) is 4.25. The Morgan fingerprint density at radius 3 is 2.35 bits per heavy atom. The molecular formula is C9H11ClF2N2O2S. The summed E-state index contributed by atoms with van der Waals surface area (Å²) in [6.45, 7) is 4.45. The molecule has 0 fully saturated rings. The largest absolute Gasteiger partial charge is 0.455 e. The number of nitrogen functional groups attached to an aromatic ring is 1. The molecule has 1 heterocycles. The van der Waals surface area contributed by atoms with E-state index < -0.39 is 23.2 Å². The monoisotopic (exact) mass is 284 g/mol. The number of alkyl halides is 2. The summed E-state index contributed by atoms with van der Waals surface area (Å²) in [5.74, 6) is -5.60. The molecule has 0 unspecified atom stereocenters. The van der Waals surface area contributed by atoms with Crippen molar-refractivity contribution in [3.63, 3.8) is 0 Å². The van der Waals surface area contributed by atoms with Crippen LogP contribution in [0.5, 0.6) is 0 Å². The number of carbonyl (C=O) groups excluding carboxylic acids is 1. The lowest BCUT2D eigenvalue weighted by Crippen LogP contribution is -2.35. The van der Waals surface area contributed by atoms with Gasteiger partial charge in [0.15, 0.2) is 10.8 Å². The van der Waals surface area contributed by atoms with Gasteiger partial charge in [0.25, 0.3) is 0 Å². The Morgan fingerprint density at radius 1 is 1.47 bits per heavy atom. The summed E-state index contributed by atoms with van der Waals surface area (Å²) >= 11 is 6.21. The Morgan fingerprint density at radius 2 is 2.00 bits per heavy atom. The topological polar surface area (TPSA) is 65.2 Å². The van der Waals surface area contributed by atoms with E-state index in [-0.39, 0.29) is 9.47 Å². The van der Waals surface area contributed by atoms with Crippen molar-refractivity contribution in [1.82, 2.24) is 4.98 Å². The molecule has 0 saturated carbocycles. The first kappa shape index (κ1) is 14.1. The van der Waals surface area contributed by atoms with Gasteiger partial charge in [0.05, 0.1) is 0 Å². The lowest BCUT2D eigenvalue weighted by molar-refractivity contribution is -0.185. The molecule has 1 aromatic rings. The Balaban J connectivity index is 3.03. The number of rotatable bonds is 2. The van der Waals surface area contributed by atoms with Crippen LogP contribution in [0.25, 0.3) is 0 Å². The van der Waals surface area contributed by atoms with E-state index in [0.717, 1.165) is 0 Å². The standard InChI is InChI=1S/C9H11ClF2N2O2S/c1-8(2,3)16-6(15)9(11,12)4-5(10)17-7(13)14-4/h1-3H3,(H2,13,14). The van der Waals surface area contributed by atoms with Crippen LogP contribution in [0.1, 0.15) is 26.5 Å². The number of thiazole rings is 1. The van der Waals surface area contributed by atoms with Crippen LogP contribution in [0, 0.1) is 0 Å². The highest BCUT2D eigenvalue weighted by Gasteiger charge is 2.48. The first-order chi connectivity index (χ1) is 7.54. The first-order valence-corrected chi connectivity index (χ1v) is 5.77. The summed E-state index contributed by atoms with van der Waals surface area (Å²) in [4.78, 5) is 14.7. The molecule has 1 rings (SSSR count). The van der Waals surface area contributed by atoms with Gasteiger partial charge in [0, 0.05) is 0 Å². The van der Waals surface area contributed by atoms with Gasteiger partial charge >= 0.3 is 11.9 Å². The average Bonchev–Trinajstić information content (AvgIpc) is 2.42. The quantitative estimate of drug-likeness (QED) is 0.848. The zero-order chi connectivity index (χ0) is 13.4. The maximum atomic E-state index is 13.7. The maximum absolute atomic E-state index is 13.7. The number of hydrogen-bond acceptors (Lipinski definition) is 5. The number of anilines is 1.